The molecule has 0 amide bonds. The number of hydrogen-bond donors (Lipinski definition) is 1. The van der Waals surface area contributed by atoms with Crippen molar-refractivity contribution in [2.24, 2.45) is 17.3 Å². The highest BCUT2D eigenvalue weighted by atomic mass is 16.6. The maximum absolute atomic E-state index is 12.6. The molecule has 4 atom stereocenters. The average Bonchev–Trinajstić information content (AvgIpc) is 2.72. The first-order valence-electron chi connectivity index (χ1n) is 10.3. The van der Waals surface area contributed by atoms with Gasteiger partial charge in [-0.1, -0.05) is 18.1 Å². The molecule has 2 aliphatic carbocycles. The second-order valence-corrected chi connectivity index (χ2v) is 9.20. The third kappa shape index (κ3) is 2.94. The van der Waals surface area contributed by atoms with E-state index in [1.165, 1.54) is 58.0 Å². The second-order valence-electron chi connectivity index (χ2n) is 9.20. The Morgan fingerprint density at radius 1 is 1.17 bits per heavy atom. The Morgan fingerprint density at radius 3 is 2.67 bits per heavy atom. The maximum Gasteiger partial charge on any atom is 0.315 e. The summed E-state index contributed by atoms with van der Waals surface area (Å²) in [5, 5.41) is 0. The highest BCUT2D eigenvalue weighted by Crippen LogP contribution is 2.54. The van der Waals surface area contributed by atoms with Crippen LogP contribution in [0.3, 0.4) is 0 Å². The van der Waals surface area contributed by atoms with Crippen LogP contribution in [-0.2, 0) is 9.53 Å². The van der Waals surface area contributed by atoms with E-state index in [0.29, 0.717) is 11.3 Å². The van der Waals surface area contributed by atoms with E-state index in [1.807, 2.05) is 0 Å². The number of esters is 1. The number of fused-ring (bicyclic) bond motifs is 2. The first kappa shape index (κ1) is 16.6. The Balaban J connectivity index is 1.52. The van der Waals surface area contributed by atoms with E-state index in [0.717, 1.165) is 19.4 Å². The Hall–Kier alpha value is -0.830. The molecule has 0 unspecified atom stereocenters. The van der Waals surface area contributed by atoms with Gasteiger partial charge in [-0.15, -0.1) is 0 Å². The van der Waals surface area contributed by atoms with Gasteiger partial charge in [0.25, 0.3) is 0 Å². The summed E-state index contributed by atoms with van der Waals surface area (Å²) >= 11 is 0. The molecule has 4 aliphatic rings. The van der Waals surface area contributed by atoms with Crippen LogP contribution < -0.4 is 4.90 Å². The number of nitrogens with one attached hydrogen (secondary N) is 1. The largest absolute Gasteiger partial charge is 0.462 e. The van der Waals surface area contributed by atoms with Crippen molar-refractivity contribution in [2.45, 2.75) is 77.7 Å². The van der Waals surface area contributed by atoms with Crippen LogP contribution in [0.4, 0.5) is 0 Å². The smallest absolute Gasteiger partial charge is 0.315 e. The van der Waals surface area contributed by atoms with Crippen molar-refractivity contribution in [3.63, 3.8) is 0 Å². The molecule has 0 aromatic carbocycles. The van der Waals surface area contributed by atoms with E-state index >= 15 is 0 Å². The van der Waals surface area contributed by atoms with Crippen molar-refractivity contribution in [1.29, 1.82) is 0 Å². The SMILES string of the molecule is CC1=C2C[C@@H]3[C@H](C[NH+]4CCCCCC4)C(=O)O[C@@H]3C[C@@]2(C)CCC1. The minimum atomic E-state index is 0.113. The number of allylic oxidation sites excluding steroid dienone is 2. The summed E-state index contributed by atoms with van der Waals surface area (Å²) in [4.78, 5) is 14.3. The molecule has 0 spiro atoms. The van der Waals surface area contributed by atoms with Gasteiger partial charge in [-0.2, -0.15) is 0 Å². The molecule has 0 aromatic heterocycles. The first-order valence-corrected chi connectivity index (χ1v) is 10.3. The summed E-state index contributed by atoms with van der Waals surface area (Å²) in [7, 11) is 0. The number of ether oxygens (including phenoxy) is 1. The third-order valence-corrected chi connectivity index (χ3v) is 7.50. The normalized spacial score (nSPS) is 40.8. The average molecular weight is 333 g/mol. The molecule has 0 aromatic rings. The predicted octanol–water partition coefficient (Wildman–Crippen LogP) is 2.90. The molecule has 2 saturated heterocycles. The van der Waals surface area contributed by atoms with Crippen LogP contribution in [-0.4, -0.2) is 31.7 Å². The molecule has 0 bridgehead atoms. The monoisotopic (exact) mass is 332 g/mol. The van der Waals surface area contributed by atoms with E-state index < -0.39 is 0 Å². The highest BCUT2D eigenvalue weighted by molar-refractivity contribution is 5.75. The second kappa shape index (κ2) is 6.48. The van der Waals surface area contributed by atoms with Crippen LogP contribution in [0.5, 0.6) is 0 Å². The molecule has 1 saturated carbocycles. The van der Waals surface area contributed by atoms with Crippen LogP contribution in [0.1, 0.15) is 71.6 Å². The van der Waals surface area contributed by atoms with Gasteiger partial charge >= 0.3 is 5.97 Å². The molecule has 24 heavy (non-hydrogen) atoms. The fourth-order valence-corrected chi connectivity index (χ4v) is 6.09. The zero-order valence-corrected chi connectivity index (χ0v) is 15.5. The van der Waals surface area contributed by atoms with Gasteiger partial charge in [0, 0.05) is 5.92 Å². The van der Waals surface area contributed by atoms with Crippen molar-refractivity contribution < 1.29 is 14.4 Å². The highest BCUT2D eigenvalue weighted by Gasteiger charge is 2.53. The predicted molar refractivity (Wildman–Crippen MR) is 94.8 cm³/mol. The third-order valence-electron chi connectivity index (χ3n) is 7.50. The summed E-state index contributed by atoms with van der Waals surface area (Å²) in [6.45, 7) is 8.27. The fourth-order valence-electron chi connectivity index (χ4n) is 6.09. The van der Waals surface area contributed by atoms with Crippen LogP contribution >= 0.6 is 0 Å². The lowest BCUT2D eigenvalue weighted by Gasteiger charge is -2.45. The van der Waals surface area contributed by atoms with Crippen molar-refractivity contribution in [3.8, 4) is 0 Å². The molecule has 4 rings (SSSR count). The molecule has 2 aliphatic heterocycles. The number of carbonyl (C=O) groups is 1. The molecular weight excluding hydrogens is 298 g/mol. The van der Waals surface area contributed by atoms with Crippen molar-refractivity contribution >= 4 is 5.97 Å². The Morgan fingerprint density at radius 2 is 1.92 bits per heavy atom. The molecule has 3 fully saturated rings. The van der Waals surface area contributed by atoms with Gasteiger partial charge in [-0.3, -0.25) is 4.79 Å². The molecule has 3 heteroatoms. The van der Waals surface area contributed by atoms with Gasteiger partial charge in [0.15, 0.2) is 0 Å². The number of likely N-dealkylation sites (tertiary alicyclic amines) is 1. The van der Waals surface area contributed by atoms with Crippen molar-refractivity contribution in [1.82, 2.24) is 0 Å². The Kier molecular flexibility index (Phi) is 4.49. The van der Waals surface area contributed by atoms with Gasteiger partial charge < -0.3 is 9.64 Å². The summed E-state index contributed by atoms with van der Waals surface area (Å²) in [5.74, 6) is 0.710. The summed E-state index contributed by atoms with van der Waals surface area (Å²) in [5.41, 5.74) is 3.60. The fraction of sp³-hybridized carbons (Fsp3) is 0.857. The topological polar surface area (TPSA) is 30.7 Å². The lowest BCUT2D eigenvalue weighted by atomic mass is 9.59. The van der Waals surface area contributed by atoms with E-state index in [2.05, 4.69) is 13.8 Å². The van der Waals surface area contributed by atoms with Crippen molar-refractivity contribution in [2.75, 3.05) is 19.6 Å². The van der Waals surface area contributed by atoms with Crippen LogP contribution in [0.2, 0.25) is 0 Å². The van der Waals surface area contributed by atoms with Gasteiger partial charge in [-0.25, -0.2) is 0 Å². The molecule has 1 N–H and O–H groups in total. The van der Waals surface area contributed by atoms with E-state index in [-0.39, 0.29) is 18.0 Å². The summed E-state index contributed by atoms with van der Waals surface area (Å²) < 4.78 is 5.93. The van der Waals surface area contributed by atoms with Crippen LogP contribution in [0.25, 0.3) is 0 Å². The Bertz CT molecular complexity index is 532. The van der Waals surface area contributed by atoms with Gasteiger partial charge in [0.1, 0.15) is 12.0 Å². The van der Waals surface area contributed by atoms with Gasteiger partial charge in [0.2, 0.25) is 0 Å². The van der Waals surface area contributed by atoms with Gasteiger partial charge in [-0.05, 0) is 70.1 Å². The molecule has 3 nitrogen and oxygen atoms in total. The molecule has 134 valence electrons. The van der Waals surface area contributed by atoms with Crippen LogP contribution in [0, 0.1) is 17.3 Å². The number of rotatable bonds is 2. The van der Waals surface area contributed by atoms with E-state index in [4.69, 9.17) is 4.74 Å². The lowest BCUT2D eigenvalue weighted by Crippen LogP contribution is -3.12. The van der Waals surface area contributed by atoms with Crippen LogP contribution in [0.15, 0.2) is 11.1 Å². The standard InChI is InChI=1S/C21H33NO2/c1-15-8-7-9-21(2)13-19-16(12-18(15)21)17(20(23)24-19)14-22-10-5-3-4-6-11-22/h16-17,19H,3-14H2,1-2H3/p+1/t16-,17+,19-,21-/m1/s1. The number of carbonyl (C=O) groups excluding carboxylic acids is 1. The minimum absolute atomic E-state index is 0.113. The molecular formula is C21H34NO2+. The zero-order valence-electron chi connectivity index (χ0n) is 15.5. The quantitative estimate of drug-likeness (QED) is 0.623. The van der Waals surface area contributed by atoms with Gasteiger partial charge in [0.05, 0.1) is 19.6 Å². The zero-order chi connectivity index (χ0) is 16.7. The first-order chi connectivity index (χ1) is 11.6. The molecule has 0 radical (unpaired) electrons. The number of hydrogen-bond acceptors (Lipinski definition) is 2. The number of quaternary nitrogens is 1. The summed E-state index contributed by atoms with van der Waals surface area (Å²) in [6, 6.07) is 0. The van der Waals surface area contributed by atoms with E-state index in [1.54, 1.807) is 16.0 Å². The minimum Gasteiger partial charge on any atom is -0.462 e. The van der Waals surface area contributed by atoms with Crippen molar-refractivity contribution in [3.05, 3.63) is 11.1 Å². The van der Waals surface area contributed by atoms with E-state index in [9.17, 15) is 4.79 Å². The molecule has 2 heterocycles. The maximum atomic E-state index is 12.6. The Labute approximate surface area is 146 Å². The summed E-state index contributed by atoms with van der Waals surface area (Å²) in [6.07, 6.45) is 11.6. The lowest BCUT2D eigenvalue weighted by molar-refractivity contribution is -0.902.